The first-order valence-electron chi connectivity index (χ1n) is 3.13. The van der Waals surface area contributed by atoms with E-state index in [0.717, 1.165) is 0 Å². The van der Waals surface area contributed by atoms with Crippen LogP contribution in [0.1, 0.15) is 0 Å². The molecule has 0 aliphatic carbocycles. The predicted molar refractivity (Wildman–Crippen MR) is 30.2 cm³/mol. The first-order valence-corrected chi connectivity index (χ1v) is 3.13. The molecule has 0 bridgehead atoms. The van der Waals surface area contributed by atoms with Gasteiger partial charge in [0.1, 0.15) is 0 Å². The number of carbonyl (C=O) groups is 1. The normalized spacial score (nSPS) is 17.1. The van der Waals surface area contributed by atoms with Gasteiger partial charge in [-0.05, 0) is 0 Å². The van der Waals surface area contributed by atoms with Gasteiger partial charge >= 0.3 is 24.0 Å². The maximum absolute atomic E-state index is 12.3. The summed E-state index contributed by atoms with van der Waals surface area (Å²) in [6, 6.07) is 0. The zero-order valence-electron chi connectivity index (χ0n) is 6.69. The highest BCUT2D eigenvalue weighted by Gasteiger charge is 2.72. The first-order chi connectivity index (χ1) is 6.45. The third kappa shape index (κ3) is 2.72. The SMILES string of the molecule is O=C(CF)OC(F)(F)C(O)(F)C(O)(F)F. The fourth-order valence-corrected chi connectivity index (χ4v) is 0.413. The Morgan fingerprint density at radius 1 is 1.13 bits per heavy atom. The third-order valence-corrected chi connectivity index (χ3v) is 1.14. The van der Waals surface area contributed by atoms with Gasteiger partial charge in [0.15, 0.2) is 6.67 Å². The van der Waals surface area contributed by atoms with Crippen LogP contribution in [0.4, 0.5) is 26.3 Å². The average Bonchev–Trinajstić information content (AvgIpc) is 2.00. The zero-order chi connectivity index (χ0) is 12.5. The van der Waals surface area contributed by atoms with Crippen LogP contribution >= 0.6 is 0 Å². The van der Waals surface area contributed by atoms with Gasteiger partial charge in [0.25, 0.3) is 0 Å². The summed E-state index contributed by atoms with van der Waals surface area (Å²) in [5.41, 5.74) is 0. The molecule has 0 aromatic carbocycles. The number of alkyl halides is 6. The highest BCUT2D eigenvalue weighted by Crippen LogP contribution is 2.41. The van der Waals surface area contributed by atoms with Crippen LogP contribution in [0, 0.1) is 0 Å². The van der Waals surface area contributed by atoms with Gasteiger partial charge in [-0.25, -0.2) is 9.18 Å². The van der Waals surface area contributed by atoms with Gasteiger partial charge in [-0.1, -0.05) is 0 Å². The van der Waals surface area contributed by atoms with E-state index in [4.69, 9.17) is 10.2 Å². The molecule has 0 fully saturated rings. The minimum atomic E-state index is -5.90. The van der Waals surface area contributed by atoms with Crippen molar-refractivity contribution >= 4 is 5.97 Å². The van der Waals surface area contributed by atoms with Crippen molar-refractivity contribution in [3.63, 3.8) is 0 Å². The van der Waals surface area contributed by atoms with Crippen molar-refractivity contribution < 1.29 is 46.1 Å². The van der Waals surface area contributed by atoms with Gasteiger partial charge in [0.2, 0.25) is 0 Å². The number of aliphatic hydroxyl groups is 2. The van der Waals surface area contributed by atoms with Crippen LogP contribution < -0.4 is 0 Å². The van der Waals surface area contributed by atoms with Gasteiger partial charge in [-0.15, -0.1) is 0 Å². The van der Waals surface area contributed by atoms with Crippen LogP contribution in [0.15, 0.2) is 0 Å². The van der Waals surface area contributed by atoms with Crippen molar-refractivity contribution in [2.75, 3.05) is 6.67 Å². The van der Waals surface area contributed by atoms with Gasteiger partial charge in [0.05, 0.1) is 0 Å². The maximum Gasteiger partial charge on any atom is 0.470 e. The van der Waals surface area contributed by atoms with E-state index in [2.05, 4.69) is 4.74 Å². The van der Waals surface area contributed by atoms with E-state index < -0.39 is 30.7 Å². The number of carbonyl (C=O) groups excluding carboxylic acids is 1. The maximum atomic E-state index is 12.3. The summed E-state index contributed by atoms with van der Waals surface area (Å²) in [7, 11) is 0. The molecule has 1 atom stereocenters. The Morgan fingerprint density at radius 2 is 1.53 bits per heavy atom. The lowest BCUT2D eigenvalue weighted by molar-refractivity contribution is -0.455. The summed E-state index contributed by atoms with van der Waals surface area (Å²) >= 11 is 0. The van der Waals surface area contributed by atoms with Gasteiger partial charge < -0.3 is 14.9 Å². The lowest BCUT2D eigenvalue weighted by Gasteiger charge is -2.29. The molecule has 0 rings (SSSR count). The van der Waals surface area contributed by atoms with Crippen molar-refractivity contribution in [1.82, 2.24) is 0 Å². The molecule has 0 aliphatic heterocycles. The van der Waals surface area contributed by atoms with Crippen LogP contribution in [-0.4, -0.2) is 40.9 Å². The standard InChI is InChI=1S/C5H4F6O4/c6-1-2(12)15-5(10,11)3(7,13)4(8,9)14/h13-14H,1H2. The monoisotopic (exact) mass is 242 g/mol. The van der Waals surface area contributed by atoms with E-state index in [1.165, 1.54) is 0 Å². The number of esters is 1. The van der Waals surface area contributed by atoms with Gasteiger partial charge in [-0.2, -0.15) is 22.0 Å². The minimum absolute atomic E-state index is 2.15. The molecule has 0 heterocycles. The number of halogens is 6. The van der Waals surface area contributed by atoms with E-state index in [9.17, 15) is 31.1 Å². The number of rotatable bonds is 4. The molecule has 1 unspecified atom stereocenters. The smallest absolute Gasteiger partial charge is 0.394 e. The van der Waals surface area contributed by atoms with E-state index in [-0.39, 0.29) is 0 Å². The topological polar surface area (TPSA) is 66.8 Å². The zero-order valence-corrected chi connectivity index (χ0v) is 6.69. The molecule has 0 aromatic heterocycles. The molecule has 15 heavy (non-hydrogen) atoms. The number of hydrogen-bond acceptors (Lipinski definition) is 4. The van der Waals surface area contributed by atoms with Crippen molar-refractivity contribution in [1.29, 1.82) is 0 Å². The lowest BCUT2D eigenvalue weighted by Crippen LogP contribution is -2.59. The molecule has 0 spiro atoms. The van der Waals surface area contributed by atoms with E-state index >= 15 is 0 Å². The van der Waals surface area contributed by atoms with Crippen LogP contribution in [-0.2, 0) is 9.53 Å². The van der Waals surface area contributed by atoms with Crippen LogP contribution in [0.3, 0.4) is 0 Å². The predicted octanol–water partition coefficient (Wildman–Crippen LogP) is 0.335. The molecule has 0 aliphatic rings. The summed E-state index contributed by atoms with van der Waals surface area (Å²) < 4.78 is 74.1. The van der Waals surface area contributed by atoms with Crippen molar-refractivity contribution in [2.24, 2.45) is 0 Å². The van der Waals surface area contributed by atoms with Crippen LogP contribution in [0.2, 0.25) is 0 Å². The molecule has 90 valence electrons. The molecule has 2 N–H and O–H groups in total. The van der Waals surface area contributed by atoms with Crippen LogP contribution in [0.25, 0.3) is 0 Å². The Bertz CT molecular complexity index is 246. The van der Waals surface area contributed by atoms with Crippen molar-refractivity contribution in [3.05, 3.63) is 0 Å². The summed E-state index contributed by atoms with van der Waals surface area (Å²) in [6.07, 6.45) is -11.7. The van der Waals surface area contributed by atoms with E-state index in [0.29, 0.717) is 0 Å². The Kier molecular flexibility index (Phi) is 3.59. The van der Waals surface area contributed by atoms with E-state index in [1.54, 1.807) is 0 Å². The van der Waals surface area contributed by atoms with Crippen molar-refractivity contribution in [2.45, 2.75) is 18.1 Å². The molecule has 0 saturated heterocycles. The molecule has 0 radical (unpaired) electrons. The molecule has 10 heteroatoms. The Balaban J connectivity index is 4.93. The molecular formula is C5H4F6O4. The van der Waals surface area contributed by atoms with Gasteiger partial charge in [-0.3, -0.25) is 0 Å². The molecule has 4 nitrogen and oxygen atoms in total. The Labute approximate surface area is 78.1 Å². The highest BCUT2D eigenvalue weighted by atomic mass is 19.3. The number of hydrogen-bond donors (Lipinski definition) is 2. The summed E-state index contributed by atoms with van der Waals surface area (Å²) in [6.45, 7) is -2.15. The molecular weight excluding hydrogens is 238 g/mol. The summed E-state index contributed by atoms with van der Waals surface area (Å²) in [5, 5.41) is 15.5. The second-order valence-electron chi connectivity index (χ2n) is 2.29. The third-order valence-electron chi connectivity index (χ3n) is 1.14. The summed E-state index contributed by atoms with van der Waals surface area (Å²) in [4.78, 5) is 9.92. The second-order valence-corrected chi connectivity index (χ2v) is 2.29. The fraction of sp³-hybridized carbons (Fsp3) is 0.800. The molecule has 0 aromatic rings. The summed E-state index contributed by atoms with van der Waals surface area (Å²) in [5.74, 6) is -8.24. The fourth-order valence-electron chi connectivity index (χ4n) is 0.413. The Morgan fingerprint density at radius 3 is 1.80 bits per heavy atom. The molecule has 0 saturated carbocycles. The van der Waals surface area contributed by atoms with Crippen LogP contribution in [0.5, 0.6) is 0 Å². The molecule has 0 amide bonds. The number of ether oxygens (including phenoxy) is 1. The minimum Gasteiger partial charge on any atom is -0.394 e. The van der Waals surface area contributed by atoms with Crippen molar-refractivity contribution in [3.8, 4) is 0 Å². The average molecular weight is 242 g/mol. The van der Waals surface area contributed by atoms with E-state index in [1.807, 2.05) is 0 Å². The largest absolute Gasteiger partial charge is 0.470 e. The quantitative estimate of drug-likeness (QED) is 0.551. The Hall–Kier alpha value is -1.03. The van der Waals surface area contributed by atoms with Gasteiger partial charge in [0, 0.05) is 0 Å². The second kappa shape index (κ2) is 3.85. The lowest BCUT2D eigenvalue weighted by atomic mass is 10.2. The highest BCUT2D eigenvalue weighted by molar-refractivity contribution is 5.70. The first kappa shape index (κ1) is 14.0.